The van der Waals surface area contributed by atoms with Gasteiger partial charge in [-0.15, -0.1) is 0 Å². The number of hydrogen-bond acceptors (Lipinski definition) is 6. The van der Waals surface area contributed by atoms with Crippen LogP contribution in [0.5, 0.6) is 11.8 Å². The largest absolute Gasteiger partial charge is 0.491 e. The standard InChI is InChI=1S/C21H17FN4O5S/c22-16-8-9-17(15-5-2-10-23-18(15)16)32(30,31)24-12-3-1-4-14(11-12)26-20(28)19(27)25(21(26)29)13-6-7-13/h1-5,8-11,13,24,27-28H,6-7H2. The molecule has 5 rings (SSSR count). The molecule has 1 aliphatic carbocycles. The van der Waals surface area contributed by atoms with Crippen molar-refractivity contribution in [3.05, 3.63) is 71.0 Å². The normalized spacial score (nSPS) is 14.0. The number of nitrogens with one attached hydrogen (secondary N) is 1. The molecule has 9 nitrogen and oxygen atoms in total. The van der Waals surface area contributed by atoms with Gasteiger partial charge in [-0.2, -0.15) is 0 Å². The van der Waals surface area contributed by atoms with Gasteiger partial charge in [-0.05, 0) is 55.3 Å². The molecule has 0 aliphatic heterocycles. The molecule has 0 amide bonds. The number of imidazole rings is 1. The fourth-order valence-electron chi connectivity index (χ4n) is 3.66. The summed E-state index contributed by atoms with van der Waals surface area (Å²) in [5.41, 5.74) is -0.433. The quantitative estimate of drug-likeness (QED) is 0.424. The van der Waals surface area contributed by atoms with Gasteiger partial charge in [0.1, 0.15) is 11.3 Å². The Morgan fingerprint density at radius 1 is 1.06 bits per heavy atom. The van der Waals surface area contributed by atoms with Gasteiger partial charge >= 0.3 is 5.69 Å². The highest BCUT2D eigenvalue weighted by molar-refractivity contribution is 7.93. The molecule has 4 aromatic rings. The number of pyridine rings is 1. The molecule has 0 bridgehead atoms. The van der Waals surface area contributed by atoms with Crippen molar-refractivity contribution >= 4 is 26.6 Å². The Balaban J connectivity index is 1.55. The van der Waals surface area contributed by atoms with Crippen molar-refractivity contribution in [3.8, 4) is 17.4 Å². The summed E-state index contributed by atoms with van der Waals surface area (Å²) in [5.74, 6) is -1.80. The fourth-order valence-corrected chi connectivity index (χ4v) is 4.90. The van der Waals surface area contributed by atoms with Crippen LogP contribution in [0.4, 0.5) is 10.1 Å². The molecule has 164 valence electrons. The fraction of sp³-hybridized carbons (Fsp3) is 0.143. The van der Waals surface area contributed by atoms with Crippen LogP contribution in [0.1, 0.15) is 18.9 Å². The summed E-state index contributed by atoms with van der Waals surface area (Å²) in [6.45, 7) is 0. The minimum atomic E-state index is -4.14. The van der Waals surface area contributed by atoms with Crippen molar-refractivity contribution in [1.29, 1.82) is 0 Å². The van der Waals surface area contributed by atoms with Crippen LogP contribution in [0.25, 0.3) is 16.6 Å². The highest BCUT2D eigenvalue weighted by atomic mass is 32.2. The van der Waals surface area contributed by atoms with Crippen LogP contribution in [0.2, 0.25) is 0 Å². The van der Waals surface area contributed by atoms with Gasteiger partial charge in [0, 0.05) is 17.6 Å². The molecule has 2 aromatic heterocycles. The van der Waals surface area contributed by atoms with Gasteiger partial charge in [0.25, 0.3) is 21.8 Å². The first-order valence-corrected chi connectivity index (χ1v) is 11.2. The van der Waals surface area contributed by atoms with E-state index in [-0.39, 0.29) is 33.2 Å². The van der Waals surface area contributed by atoms with Crippen molar-refractivity contribution in [1.82, 2.24) is 14.1 Å². The summed E-state index contributed by atoms with van der Waals surface area (Å²) in [5, 5.41) is 20.6. The minimum absolute atomic E-state index is 0.0718. The number of rotatable bonds is 5. The van der Waals surface area contributed by atoms with Crippen LogP contribution in [0.3, 0.4) is 0 Å². The SMILES string of the molecule is O=c1n(-c2cccc(NS(=O)(=O)c3ccc(F)c4ncccc34)c2)c(O)c(O)n1C1CC1. The highest BCUT2D eigenvalue weighted by Crippen LogP contribution is 2.40. The second-order valence-electron chi connectivity index (χ2n) is 7.47. The molecule has 32 heavy (non-hydrogen) atoms. The van der Waals surface area contributed by atoms with Crippen molar-refractivity contribution < 1.29 is 23.0 Å². The van der Waals surface area contributed by atoms with Gasteiger partial charge in [0.15, 0.2) is 0 Å². The highest BCUT2D eigenvalue weighted by Gasteiger charge is 2.32. The first kappa shape index (κ1) is 20.1. The molecule has 1 saturated carbocycles. The maximum atomic E-state index is 14.0. The lowest BCUT2D eigenvalue weighted by Gasteiger charge is -2.12. The number of nitrogens with zero attached hydrogens (tertiary/aromatic N) is 3. The van der Waals surface area contributed by atoms with Gasteiger partial charge in [0.05, 0.1) is 16.3 Å². The molecule has 1 aliphatic rings. The van der Waals surface area contributed by atoms with E-state index in [9.17, 15) is 27.8 Å². The average Bonchev–Trinajstić information content (AvgIpc) is 3.56. The molecule has 2 heterocycles. The van der Waals surface area contributed by atoms with E-state index in [0.717, 1.165) is 34.1 Å². The molecule has 0 spiro atoms. The van der Waals surface area contributed by atoms with E-state index >= 15 is 0 Å². The summed E-state index contributed by atoms with van der Waals surface area (Å²) in [6, 6.07) is 10.8. The number of halogens is 1. The average molecular weight is 456 g/mol. The Labute approximate surface area is 181 Å². The van der Waals surface area contributed by atoms with Crippen LogP contribution >= 0.6 is 0 Å². The molecule has 0 radical (unpaired) electrons. The maximum Gasteiger partial charge on any atom is 0.338 e. The van der Waals surface area contributed by atoms with E-state index in [0.29, 0.717) is 0 Å². The Hall–Kier alpha value is -3.86. The van der Waals surface area contributed by atoms with Crippen LogP contribution in [-0.4, -0.2) is 32.7 Å². The summed E-state index contributed by atoms with van der Waals surface area (Å²) >= 11 is 0. The minimum Gasteiger partial charge on any atom is -0.491 e. The van der Waals surface area contributed by atoms with E-state index in [2.05, 4.69) is 9.71 Å². The Bertz CT molecular complexity index is 1540. The molecule has 2 aromatic carbocycles. The predicted octanol–water partition coefficient (Wildman–Crippen LogP) is 2.87. The number of hydrogen-bond donors (Lipinski definition) is 3. The van der Waals surface area contributed by atoms with Crippen LogP contribution in [0.15, 0.2) is 64.4 Å². The topological polar surface area (TPSA) is 126 Å². The van der Waals surface area contributed by atoms with E-state index in [1.165, 1.54) is 42.6 Å². The number of anilines is 1. The zero-order valence-corrected chi connectivity index (χ0v) is 17.3. The zero-order chi connectivity index (χ0) is 22.6. The van der Waals surface area contributed by atoms with E-state index in [1.807, 2.05) is 0 Å². The third-order valence-electron chi connectivity index (χ3n) is 5.28. The second kappa shape index (κ2) is 7.09. The molecule has 0 unspecified atom stereocenters. The lowest BCUT2D eigenvalue weighted by molar-refractivity contribution is 0.363. The van der Waals surface area contributed by atoms with E-state index in [4.69, 9.17) is 0 Å². The maximum absolute atomic E-state index is 14.0. The van der Waals surface area contributed by atoms with E-state index in [1.54, 1.807) is 0 Å². The smallest absolute Gasteiger partial charge is 0.338 e. The van der Waals surface area contributed by atoms with Crippen LogP contribution in [0, 0.1) is 5.82 Å². The third-order valence-corrected chi connectivity index (χ3v) is 6.72. The summed E-state index contributed by atoms with van der Waals surface area (Å²) in [7, 11) is -4.14. The van der Waals surface area contributed by atoms with E-state index < -0.39 is 33.3 Å². The molecular weight excluding hydrogens is 439 g/mol. The molecule has 0 atom stereocenters. The van der Waals surface area contributed by atoms with Gasteiger partial charge < -0.3 is 10.2 Å². The zero-order valence-electron chi connectivity index (χ0n) is 16.4. The van der Waals surface area contributed by atoms with Crippen LogP contribution < -0.4 is 10.4 Å². The number of benzene rings is 2. The van der Waals surface area contributed by atoms with Gasteiger partial charge in [0.2, 0.25) is 0 Å². The summed E-state index contributed by atoms with van der Waals surface area (Å²) in [6.07, 6.45) is 2.81. The summed E-state index contributed by atoms with van der Waals surface area (Å²) in [4.78, 5) is 16.5. The lowest BCUT2D eigenvalue weighted by atomic mass is 10.2. The lowest BCUT2D eigenvalue weighted by Crippen LogP contribution is -2.22. The number of fused-ring (bicyclic) bond motifs is 1. The molecule has 1 fully saturated rings. The molecule has 3 N–H and O–H groups in total. The first-order chi connectivity index (χ1) is 15.3. The summed E-state index contributed by atoms with van der Waals surface area (Å²) < 4.78 is 44.5. The number of aromatic nitrogens is 3. The predicted molar refractivity (Wildman–Crippen MR) is 114 cm³/mol. The molecular formula is C21H17FN4O5S. The van der Waals surface area contributed by atoms with Gasteiger partial charge in [-0.25, -0.2) is 22.2 Å². The number of sulfonamides is 1. The van der Waals surface area contributed by atoms with Crippen LogP contribution in [-0.2, 0) is 10.0 Å². The Morgan fingerprint density at radius 3 is 2.59 bits per heavy atom. The molecule has 0 saturated heterocycles. The van der Waals surface area contributed by atoms with Crippen molar-refractivity contribution in [3.63, 3.8) is 0 Å². The van der Waals surface area contributed by atoms with Crippen molar-refractivity contribution in [2.45, 2.75) is 23.8 Å². The third kappa shape index (κ3) is 3.17. The van der Waals surface area contributed by atoms with Crippen molar-refractivity contribution in [2.24, 2.45) is 0 Å². The molecule has 11 heteroatoms. The Kier molecular flexibility index (Phi) is 4.45. The van der Waals surface area contributed by atoms with Crippen molar-refractivity contribution in [2.75, 3.05) is 4.72 Å². The van der Waals surface area contributed by atoms with Gasteiger partial charge in [-0.1, -0.05) is 6.07 Å². The van der Waals surface area contributed by atoms with Gasteiger partial charge in [-0.3, -0.25) is 14.3 Å². The second-order valence-corrected chi connectivity index (χ2v) is 9.12. The first-order valence-electron chi connectivity index (χ1n) is 9.69. The Morgan fingerprint density at radius 2 is 1.84 bits per heavy atom. The number of aromatic hydroxyl groups is 2. The monoisotopic (exact) mass is 456 g/mol.